The molecule has 0 aliphatic carbocycles. The molecule has 0 amide bonds. The normalized spacial score (nSPS) is 10.7. The molecular weight excluding hydrogens is 268 g/mol. The molecule has 90 valence electrons. The Balaban J connectivity index is 1.98. The van der Waals surface area contributed by atoms with E-state index in [1.165, 1.54) is 11.5 Å². The van der Waals surface area contributed by atoms with Crippen molar-refractivity contribution in [2.45, 2.75) is 0 Å². The molecule has 0 aliphatic heterocycles. The van der Waals surface area contributed by atoms with Gasteiger partial charge in [-0.25, -0.2) is 0 Å². The summed E-state index contributed by atoms with van der Waals surface area (Å²) >= 11 is 7.28. The standard InChI is InChI=1S/C13H9ClN2OS/c14-10-7-8(5-6-11(10)15)17-13-9-3-1-2-4-12(9)16-18-13/h1-7H,15H2. The van der Waals surface area contributed by atoms with Gasteiger partial charge in [0, 0.05) is 17.6 Å². The number of fused-ring (bicyclic) bond motifs is 1. The number of hydrogen-bond donors (Lipinski definition) is 1. The Morgan fingerprint density at radius 2 is 2.00 bits per heavy atom. The third-order valence-electron chi connectivity index (χ3n) is 2.53. The van der Waals surface area contributed by atoms with Gasteiger partial charge >= 0.3 is 0 Å². The summed E-state index contributed by atoms with van der Waals surface area (Å²) in [6, 6.07) is 13.1. The number of hydrogen-bond acceptors (Lipinski definition) is 4. The number of anilines is 1. The van der Waals surface area contributed by atoms with Gasteiger partial charge in [0.25, 0.3) is 0 Å². The number of benzene rings is 2. The average molecular weight is 277 g/mol. The molecule has 3 rings (SSSR count). The summed E-state index contributed by atoms with van der Waals surface area (Å²) in [5, 5.41) is 2.24. The van der Waals surface area contributed by atoms with Crippen LogP contribution in [0.5, 0.6) is 10.8 Å². The van der Waals surface area contributed by atoms with Crippen LogP contribution in [0.15, 0.2) is 42.5 Å². The summed E-state index contributed by atoms with van der Waals surface area (Å²) in [5.74, 6) is 0.656. The van der Waals surface area contributed by atoms with Crippen LogP contribution < -0.4 is 10.5 Å². The van der Waals surface area contributed by atoms with Gasteiger partial charge in [0.05, 0.1) is 21.6 Å². The highest BCUT2D eigenvalue weighted by Gasteiger charge is 2.08. The first-order valence-electron chi connectivity index (χ1n) is 5.31. The van der Waals surface area contributed by atoms with E-state index in [-0.39, 0.29) is 0 Å². The smallest absolute Gasteiger partial charge is 0.207 e. The van der Waals surface area contributed by atoms with Crippen molar-refractivity contribution in [3.63, 3.8) is 0 Å². The molecule has 0 aliphatic rings. The lowest BCUT2D eigenvalue weighted by atomic mass is 10.2. The SMILES string of the molecule is Nc1ccc(Oc2snc3ccccc23)cc1Cl. The van der Waals surface area contributed by atoms with E-state index in [1.807, 2.05) is 24.3 Å². The molecule has 18 heavy (non-hydrogen) atoms. The highest BCUT2D eigenvalue weighted by Crippen LogP contribution is 2.35. The summed E-state index contributed by atoms with van der Waals surface area (Å²) in [4.78, 5) is 0. The lowest BCUT2D eigenvalue weighted by molar-refractivity contribution is 0.501. The minimum absolute atomic E-state index is 0.487. The van der Waals surface area contributed by atoms with Gasteiger partial charge in [0.2, 0.25) is 5.06 Å². The van der Waals surface area contributed by atoms with Crippen LogP contribution in [0.4, 0.5) is 5.69 Å². The Morgan fingerprint density at radius 3 is 2.83 bits per heavy atom. The number of nitrogen functional groups attached to an aromatic ring is 1. The fraction of sp³-hybridized carbons (Fsp3) is 0. The van der Waals surface area contributed by atoms with Gasteiger partial charge < -0.3 is 10.5 Å². The van der Waals surface area contributed by atoms with Gasteiger partial charge in [-0.15, -0.1) is 0 Å². The van der Waals surface area contributed by atoms with Gasteiger partial charge in [0.1, 0.15) is 5.75 Å². The molecule has 1 aromatic heterocycles. The van der Waals surface area contributed by atoms with Crippen molar-refractivity contribution in [2.75, 3.05) is 5.73 Å². The van der Waals surface area contributed by atoms with Crippen LogP contribution in [0, 0.1) is 0 Å². The quantitative estimate of drug-likeness (QED) is 0.709. The molecule has 0 bridgehead atoms. The van der Waals surface area contributed by atoms with Crippen molar-refractivity contribution in [3.8, 4) is 10.8 Å². The summed E-state index contributed by atoms with van der Waals surface area (Å²) in [5.41, 5.74) is 7.13. The number of nitrogens with two attached hydrogens (primary N) is 1. The molecule has 0 fully saturated rings. The summed E-state index contributed by atoms with van der Waals surface area (Å²) in [6.07, 6.45) is 0. The van der Waals surface area contributed by atoms with Gasteiger partial charge in [-0.1, -0.05) is 23.7 Å². The molecule has 0 unspecified atom stereocenters. The fourth-order valence-corrected chi connectivity index (χ4v) is 2.53. The first-order chi connectivity index (χ1) is 8.74. The van der Waals surface area contributed by atoms with Crippen LogP contribution in [-0.2, 0) is 0 Å². The van der Waals surface area contributed by atoms with E-state index in [0.29, 0.717) is 16.5 Å². The van der Waals surface area contributed by atoms with Crippen molar-refractivity contribution < 1.29 is 4.74 Å². The first kappa shape index (κ1) is 11.3. The zero-order chi connectivity index (χ0) is 12.5. The Labute approximate surface area is 113 Å². The largest absolute Gasteiger partial charge is 0.444 e. The minimum atomic E-state index is 0.487. The third kappa shape index (κ3) is 2.00. The van der Waals surface area contributed by atoms with Gasteiger partial charge in [0.15, 0.2) is 0 Å². The molecular formula is C13H9ClN2OS. The third-order valence-corrected chi connectivity index (χ3v) is 3.62. The van der Waals surface area contributed by atoms with Crippen molar-refractivity contribution in [1.82, 2.24) is 4.37 Å². The Hall–Kier alpha value is -1.78. The first-order valence-corrected chi connectivity index (χ1v) is 6.46. The zero-order valence-corrected chi connectivity index (χ0v) is 10.8. The lowest BCUT2D eigenvalue weighted by Crippen LogP contribution is -1.87. The van der Waals surface area contributed by atoms with Crippen molar-refractivity contribution in [2.24, 2.45) is 0 Å². The van der Waals surface area contributed by atoms with Gasteiger partial charge in [-0.3, -0.25) is 0 Å². The van der Waals surface area contributed by atoms with Crippen molar-refractivity contribution >= 4 is 39.7 Å². The molecule has 0 atom stereocenters. The predicted octanol–water partition coefficient (Wildman–Crippen LogP) is 4.32. The van der Waals surface area contributed by atoms with E-state index >= 15 is 0 Å². The number of nitrogens with zero attached hydrogens (tertiary/aromatic N) is 1. The number of rotatable bonds is 2. The van der Waals surface area contributed by atoms with Crippen LogP contribution in [-0.4, -0.2) is 4.37 Å². The summed E-state index contributed by atoms with van der Waals surface area (Å²) in [6.45, 7) is 0. The van der Waals surface area contributed by atoms with Crippen molar-refractivity contribution in [1.29, 1.82) is 0 Å². The van der Waals surface area contributed by atoms with Gasteiger partial charge in [-0.05, 0) is 24.3 Å². The van der Waals surface area contributed by atoms with E-state index in [2.05, 4.69) is 4.37 Å². The van der Waals surface area contributed by atoms with Gasteiger partial charge in [-0.2, -0.15) is 4.37 Å². The van der Waals surface area contributed by atoms with E-state index < -0.39 is 0 Å². The molecule has 0 saturated heterocycles. The molecule has 2 aromatic carbocycles. The number of aromatic nitrogens is 1. The highest BCUT2D eigenvalue weighted by atomic mass is 35.5. The predicted molar refractivity (Wildman–Crippen MR) is 75.6 cm³/mol. The second-order valence-electron chi connectivity index (χ2n) is 3.77. The fourth-order valence-electron chi connectivity index (χ4n) is 1.62. The molecule has 2 N–H and O–H groups in total. The molecule has 3 aromatic rings. The van der Waals surface area contributed by atoms with Crippen LogP contribution >= 0.6 is 23.1 Å². The minimum Gasteiger partial charge on any atom is -0.444 e. The monoisotopic (exact) mass is 276 g/mol. The maximum absolute atomic E-state index is 5.96. The van der Waals surface area contributed by atoms with E-state index in [0.717, 1.165) is 16.0 Å². The Bertz CT molecular complexity index is 711. The van der Waals surface area contributed by atoms with E-state index in [1.54, 1.807) is 18.2 Å². The molecule has 0 spiro atoms. The molecule has 5 heteroatoms. The van der Waals surface area contributed by atoms with E-state index in [9.17, 15) is 0 Å². The zero-order valence-electron chi connectivity index (χ0n) is 9.26. The molecule has 3 nitrogen and oxygen atoms in total. The van der Waals surface area contributed by atoms with Crippen molar-refractivity contribution in [3.05, 3.63) is 47.5 Å². The van der Waals surface area contributed by atoms with Crippen LogP contribution in [0.3, 0.4) is 0 Å². The second-order valence-corrected chi connectivity index (χ2v) is 4.92. The highest BCUT2D eigenvalue weighted by molar-refractivity contribution is 7.09. The molecule has 1 heterocycles. The lowest BCUT2D eigenvalue weighted by Gasteiger charge is -2.04. The maximum atomic E-state index is 5.96. The average Bonchev–Trinajstić information content (AvgIpc) is 2.78. The Morgan fingerprint density at radius 1 is 1.17 bits per heavy atom. The number of ether oxygens (including phenoxy) is 1. The van der Waals surface area contributed by atoms with E-state index in [4.69, 9.17) is 22.1 Å². The van der Waals surface area contributed by atoms with Crippen LogP contribution in [0.1, 0.15) is 0 Å². The second kappa shape index (κ2) is 4.48. The molecule has 0 saturated carbocycles. The summed E-state index contributed by atoms with van der Waals surface area (Å²) < 4.78 is 10.1. The maximum Gasteiger partial charge on any atom is 0.207 e. The number of halogens is 1. The molecule has 0 radical (unpaired) electrons. The summed E-state index contributed by atoms with van der Waals surface area (Å²) in [7, 11) is 0. The topological polar surface area (TPSA) is 48.1 Å². The van der Waals surface area contributed by atoms with Crippen LogP contribution in [0.25, 0.3) is 10.9 Å². The Kier molecular flexibility index (Phi) is 2.81. The van der Waals surface area contributed by atoms with Crippen LogP contribution in [0.2, 0.25) is 5.02 Å².